The van der Waals surface area contributed by atoms with E-state index in [1.54, 1.807) is 7.11 Å². The first-order valence-electron chi connectivity index (χ1n) is 7.96. The Bertz CT molecular complexity index is 482. The van der Waals surface area contributed by atoms with Gasteiger partial charge in [0.05, 0.1) is 18.2 Å². The molecule has 3 nitrogen and oxygen atoms in total. The Hall–Kier alpha value is -0.740. The molecule has 1 aliphatic heterocycles. The van der Waals surface area contributed by atoms with E-state index in [0.29, 0.717) is 0 Å². The molecule has 0 unspecified atom stereocenters. The number of ether oxygens (including phenoxy) is 2. The summed E-state index contributed by atoms with van der Waals surface area (Å²) in [5.74, 6) is 3.25. The number of rotatable bonds is 6. The lowest BCUT2D eigenvalue weighted by atomic mass is 9.91. The predicted octanol–water partition coefficient (Wildman–Crippen LogP) is 3.79. The minimum atomic E-state index is 0.751. The molecule has 0 radical (unpaired) electrons. The molecule has 1 N–H and O–H groups in total. The Kier molecular flexibility index (Phi) is 5.07. The first kappa shape index (κ1) is 15.2. The van der Waals surface area contributed by atoms with Gasteiger partial charge in [-0.05, 0) is 90.7 Å². The SMILES string of the molecule is COc1c(Br)cc(CC2CCNCC2)cc1OCC1CC1. The van der Waals surface area contributed by atoms with Gasteiger partial charge in [0.15, 0.2) is 11.5 Å². The topological polar surface area (TPSA) is 30.5 Å². The summed E-state index contributed by atoms with van der Waals surface area (Å²) in [4.78, 5) is 0. The second-order valence-electron chi connectivity index (χ2n) is 6.26. The molecule has 4 heteroatoms. The second kappa shape index (κ2) is 7.01. The van der Waals surface area contributed by atoms with E-state index in [2.05, 4.69) is 33.4 Å². The van der Waals surface area contributed by atoms with E-state index < -0.39 is 0 Å². The molecule has 2 aliphatic rings. The van der Waals surface area contributed by atoms with Gasteiger partial charge in [0.2, 0.25) is 0 Å². The summed E-state index contributed by atoms with van der Waals surface area (Å²) in [5, 5.41) is 3.43. The number of piperidine rings is 1. The normalized spacial score (nSPS) is 19.5. The van der Waals surface area contributed by atoms with Crippen LogP contribution >= 0.6 is 15.9 Å². The van der Waals surface area contributed by atoms with Crippen LogP contribution in [0, 0.1) is 11.8 Å². The maximum absolute atomic E-state index is 6.00. The number of hydrogen-bond acceptors (Lipinski definition) is 3. The Labute approximate surface area is 135 Å². The largest absolute Gasteiger partial charge is 0.492 e. The number of nitrogens with one attached hydrogen (secondary N) is 1. The van der Waals surface area contributed by atoms with E-state index >= 15 is 0 Å². The highest BCUT2D eigenvalue weighted by Crippen LogP contribution is 2.39. The molecule has 1 saturated heterocycles. The lowest BCUT2D eigenvalue weighted by molar-refractivity contribution is 0.279. The first-order valence-corrected chi connectivity index (χ1v) is 8.75. The van der Waals surface area contributed by atoms with Crippen LogP contribution in [-0.4, -0.2) is 26.8 Å². The molecule has 2 fully saturated rings. The highest BCUT2D eigenvalue weighted by atomic mass is 79.9. The van der Waals surface area contributed by atoms with Gasteiger partial charge in [0.1, 0.15) is 0 Å². The summed E-state index contributed by atoms with van der Waals surface area (Å²) >= 11 is 3.63. The zero-order valence-electron chi connectivity index (χ0n) is 12.7. The fourth-order valence-electron chi connectivity index (χ4n) is 2.96. The number of hydrogen-bond donors (Lipinski definition) is 1. The molecule has 1 aromatic carbocycles. The maximum atomic E-state index is 6.00. The van der Waals surface area contributed by atoms with Gasteiger partial charge in [-0.2, -0.15) is 0 Å². The van der Waals surface area contributed by atoms with Crippen molar-refractivity contribution in [3.63, 3.8) is 0 Å². The lowest BCUT2D eigenvalue weighted by Gasteiger charge is -2.23. The third-order valence-corrected chi connectivity index (χ3v) is 5.02. The van der Waals surface area contributed by atoms with Crippen molar-refractivity contribution in [3.05, 3.63) is 22.2 Å². The lowest BCUT2D eigenvalue weighted by Crippen LogP contribution is -2.28. The van der Waals surface area contributed by atoms with Crippen LogP contribution in [0.15, 0.2) is 16.6 Å². The predicted molar refractivity (Wildman–Crippen MR) is 88.2 cm³/mol. The van der Waals surface area contributed by atoms with Crippen LogP contribution in [-0.2, 0) is 6.42 Å². The third kappa shape index (κ3) is 4.13. The van der Waals surface area contributed by atoms with Gasteiger partial charge < -0.3 is 14.8 Å². The van der Waals surface area contributed by atoms with E-state index in [1.165, 1.54) is 31.2 Å². The fraction of sp³-hybridized carbons (Fsp3) is 0.647. The van der Waals surface area contributed by atoms with Crippen molar-refractivity contribution in [3.8, 4) is 11.5 Å². The van der Waals surface area contributed by atoms with Crippen molar-refractivity contribution in [1.29, 1.82) is 0 Å². The van der Waals surface area contributed by atoms with Crippen LogP contribution < -0.4 is 14.8 Å². The molecule has 1 heterocycles. The van der Waals surface area contributed by atoms with Gasteiger partial charge in [-0.3, -0.25) is 0 Å². The van der Waals surface area contributed by atoms with Crippen molar-refractivity contribution >= 4 is 15.9 Å². The standard InChI is InChI=1S/C17H24BrNO2/c1-20-17-15(18)9-14(8-12-4-6-19-7-5-12)10-16(17)21-11-13-2-3-13/h9-10,12-13,19H,2-8,11H2,1H3. The quantitative estimate of drug-likeness (QED) is 0.843. The van der Waals surface area contributed by atoms with Gasteiger partial charge in [-0.1, -0.05) is 0 Å². The third-order valence-electron chi connectivity index (χ3n) is 4.43. The molecule has 0 amide bonds. The van der Waals surface area contributed by atoms with Crippen molar-refractivity contribution < 1.29 is 9.47 Å². The van der Waals surface area contributed by atoms with Crippen molar-refractivity contribution in [2.45, 2.75) is 32.1 Å². The zero-order valence-corrected chi connectivity index (χ0v) is 14.2. The summed E-state index contributed by atoms with van der Waals surface area (Å²) in [6.45, 7) is 3.11. The maximum Gasteiger partial charge on any atom is 0.174 e. The Morgan fingerprint density at radius 3 is 2.57 bits per heavy atom. The Morgan fingerprint density at radius 2 is 1.90 bits per heavy atom. The summed E-state index contributed by atoms with van der Waals surface area (Å²) in [6.07, 6.45) is 6.27. The smallest absolute Gasteiger partial charge is 0.174 e. The van der Waals surface area contributed by atoms with Crippen LogP contribution in [0.2, 0.25) is 0 Å². The van der Waals surface area contributed by atoms with Crippen molar-refractivity contribution in [1.82, 2.24) is 5.32 Å². The van der Waals surface area contributed by atoms with E-state index in [1.807, 2.05) is 0 Å². The monoisotopic (exact) mass is 353 g/mol. The molecule has 0 spiro atoms. The molecule has 0 aromatic heterocycles. The summed E-state index contributed by atoms with van der Waals surface area (Å²) in [6, 6.07) is 4.36. The number of halogens is 1. The van der Waals surface area contributed by atoms with Crippen LogP contribution in [0.1, 0.15) is 31.2 Å². The molecular formula is C17H24BrNO2. The molecule has 1 saturated carbocycles. The van der Waals surface area contributed by atoms with Gasteiger partial charge in [-0.25, -0.2) is 0 Å². The van der Waals surface area contributed by atoms with E-state index in [-0.39, 0.29) is 0 Å². The summed E-state index contributed by atoms with van der Waals surface area (Å²) in [7, 11) is 1.70. The number of methoxy groups -OCH3 is 1. The minimum absolute atomic E-state index is 0.751. The average molecular weight is 354 g/mol. The zero-order chi connectivity index (χ0) is 14.7. The van der Waals surface area contributed by atoms with Gasteiger partial charge in [-0.15, -0.1) is 0 Å². The second-order valence-corrected chi connectivity index (χ2v) is 7.12. The van der Waals surface area contributed by atoms with Crippen LogP contribution in [0.5, 0.6) is 11.5 Å². The van der Waals surface area contributed by atoms with Crippen LogP contribution in [0.4, 0.5) is 0 Å². The van der Waals surface area contributed by atoms with Gasteiger partial charge >= 0.3 is 0 Å². The van der Waals surface area contributed by atoms with E-state index in [0.717, 1.165) is 53.9 Å². The molecule has 0 bridgehead atoms. The van der Waals surface area contributed by atoms with Gasteiger partial charge in [0, 0.05) is 0 Å². The van der Waals surface area contributed by atoms with Crippen LogP contribution in [0.25, 0.3) is 0 Å². The molecular weight excluding hydrogens is 330 g/mol. The van der Waals surface area contributed by atoms with Gasteiger partial charge in [0.25, 0.3) is 0 Å². The van der Waals surface area contributed by atoms with Crippen LogP contribution in [0.3, 0.4) is 0 Å². The molecule has 1 aliphatic carbocycles. The molecule has 1 aromatic rings. The highest BCUT2D eigenvalue weighted by Gasteiger charge is 2.23. The Balaban J connectivity index is 1.72. The van der Waals surface area contributed by atoms with Crippen molar-refractivity contribution in [2.24, 2.45) is 11.8 Å². The Morgan fingerprint density at radius 1 is 1.14 bits per heavy atom. The summed E-state index contributed by atoms with van der Waals surface area (Å²) < 4.78 is 12.5. The number of benzene rings is 1. The highest BCUT2D eigenvalue weighted by molar-refractivity contribution is 9.10. The summed E-state index contributed by atoms with van der Waals surface area (Å²) in [5.41, 5.74) is 1.35. The van der Waals surface area contributed by atoms with E-state index in [4.69, 9.17) is 9.47 Å². The van der Waals surface area contributed by atoms with Crippen molar-refractivity contribution in [2.75, 3.05) is 26.8 Å². The molecule has 3 rings (SSSR count). The molecule has 21 heavy (non-hydrogen) atoms. The molecule has 0 atom stereocenters. The first-order chi connectivity index (χ1) is 10.3. The minimum Gasteiger partial charge on any atom is -0.492 e. The fourth-order valence-corrected chi connectivity index (χ4v) is 3.61. The average Bonchev–Trinajstić information content (AvgIpc) is 3.30. The molecule has 116 valence electrons. The van der Waals surface area contributed by atoms with E-state index in [9.17, 15) is 0 Å².